The second-order valence-corrected chi connectivity index (χ2v) is 7.60. The van der Waals surface area contributed by atoms with Crippen LogP contribution in [0.5, 0.6) is 5.75 Å². The van der Waals surface area contributed by atoms with Crippen molar-refractivity contribution in [1.29, 1.82) is 0 Å². The molecule has 2 rings (SSSR count). The minimum atomic E-state index is -3.90. The molecular formula is C13H16ClNO5S. The number of benzene rings is 1. The molecule has 6 nitrogen and oxygen atoms in total. The van der Waals surface area contributed by atoms with Gasteiger partial charge in [-0.15, -0.1) is 0 Å². The zero-order chi connectivity index (χ0) is 15.8. The molecule has 2 N–H and O–H groups in total. The molecule has 0 unspecified atom stereocenters. The number of aromatic carboxylic acids is 1. The van der Waals surface area contributed by atoms with E-state index in [1.165, 1.54) is 13.2 Å². The maximum Gasteiger partial charge on any atom is 0.339 e. The van der Waals surface area contributed by atoms with E-state index in [0.717, 1.165) is 18.9 Å². The van der Waals surface area contributed by atoms with E-state index < -0.39 is 16.0 Å². The van der Waals surface area contributed by atoms with Gasteiger partial charge in [-0.2, -0.15) is 0 Å². The lowest BCUT2D eigenvalue weighted by Gasteiger charge is -2.15. The Morgan fingerprint density at radius 2 is 2.10 bits per heavy atom. The third-order valence-corrected chi connectivity index (χ3v) is 5.16. The van der Waals surface area contributed by atoms with Crippen molar-refractivity contribution in [2.45, 2.75) is 24.7 Å². The number of carboxylic acids is 1. The predicted molar refractivity (Wildman–Crippen MR) is 77.5 cm³/mol. The number of hydrogen-bond donors (Lipinski definition) is 2. The van der Waals surface area contributed by atoms with E-state index in [4.69, 9.17) is 21.4 Å². The van der Waals surface area contributed by atoms with Gasteiger partial charge in [0, 0.05) is 11.6 Å². The van der Waals surface area contributed by atoms with Gasteiger partial charge < -0.3 is 9.84 Å². The van der Waals surface area contributed by atoms with E-state index in [-0.39, 0.29) is 26.6 Å². The van der Waals surface area contributed by atoms with Gasteiger partial charge in [0.1, 0.15) is 10.5 Å². The third-order valence-electron chi connectivity index (χ3n) is 3.54. The number of carbonyl (C=O) groups is 1. The Morgan fingerprint density at radius 1 is 1.48 bits per heavy atom. The summed E-state index contributed by atoms with van der Waals surface area (Å²) in [4.78, 5) is 10.9. The maximum absolute atomic E-state index is 12.4. The van der Waals surface area contributed by atoms with Crippen LogP contribution in [0.25, 0.3) is 0 Å². The van der Waals surface area contributed by atoms with Gasteiger partial charge in [-0.1, -0.05) is 18.5 Å². The lowest BCUT2D eigenvalue weighted by molar-refractivity contribution is 0.0693. The average Bonchev–Trinajstić information content (AvgIpc) is 3.14. The van der Waals surface area contributed by atoms with Crippen LogP contribution in [0.4, 0.5) is 0 Å². The smallest absolute Gasteiger partial charge is 0.339 e. The molecule has 0 saturated heterocycles. The first-order valence-corrected chi connectivity index (χ1v) is 8.15. The second-order valence-electron chi connectivity index (χ2n) is 5.43. The van der Waals surface area contributed by atoms with Crippen molar-refractivity contribution in [2.75, 3.05) is 13.7 Å². The van der Waals surface area contributed by atoms with E-state index >= 15 is 0 Å². The summed E-state index contributed by atoms with van der Waals surface area (Å²) in [6.07, 6.45) is 1.92. The number of ether oxygens (including phenoxy) is 1. The minimum absolute atomic E-state index is 0.0193. The van der Waals surface area contributed by atoms with Crippen LogP contribution in [0.1, 0.15) is 30.1 Å². The molecule has 21 heavy (non-hydrogen) atoms. The van der Waals surface area contributed by atoms with Crippen LogP contribution in [-0.2, 0) is 10.0 Å². The van der Waals surface area contributed by atoms with Crippen molar-refractivity contribution in [3.05, 3.63) is 22.7 Å². The minimum Gasteiger partial charge on any atom is -0.494 e. The summed E-state index contributed by atoms with van der Waals surface area (Å²) in [5.41, 5.74) is -0.308. The molecule has 1 saturated carbocycles. The Labute approximate surface area is 128 Å². The monoisotopic (exact) mass is 333 g/mol. The number of carboxylic acid groups (broad SMARTS) is 1. The molecule has 1 fully saturated rings. The lowest BCUT2D eigenvalue weighted by atomic mass is 10.2. The molecule has 0 radical (unpaired) electrons. The number of sulfonamides is 1. The van der Waals surface area contributed by atoms with Crippen molar-refractivity contribution < 1.29 is 23.1 Å². The third kappa shape index (κ3) is 3.48. The van der Waals surface area contributed by atoms with Crippen LogP contribution in [0, 0.1) is 5.41 Å². The van der Waals surface area contributed by atoms with Crippen LogP contribution >= 0.6 is 11.6 Å². The maximum atomic E-state index is 12.4. The molecule has 0 amide bonds. The summed E-state index contributed by atoms with van der Waals surface area (Å²) in [5.74, 6) is -1.53. The fourth-order valence-corrected chi connectivity index (χ4v) is 3.57. The van der Waals surface area contributed by atoms with Crippen molar-refractivity contribution in [3.8, 4) is 5.75 Å². The quantitative estimate of drug-likeness (QED) is 0.831. The normalized spacial score (nSPS) is 16.5. The SMILES string of the molecule is COc1c(C(=O)O)cc(Cl)cc1S(=O)(=O)NCC1(C)CC1. The molecule has 0 aromatic heterocycles. The van der Waals surface area contributed by atoms with Gasteiger partial charge in [0.05, 0.1) is 7.11 Å². The number of nitrogens with one attached hydrogen (secondary N) is 1. The molecule has 0 atom stereocenters. The summed E-state index contributed by atoms with van der Waals surface area (Å²) in [6.45, 7) is 2.28. The van der Waals surface area contributed by atoms with Gasteiger partial charge in [-0.05, 0) is 30.4 Å². The van der Waals surface area contributed by atoms with Crippen molar-refractivity contribution in [3.63, 3.8) is 0 Å². The Kier molecular flexibility index (Phi) is 4.19. The summed E-state index contributed by atoms with van der Waals surface area (Å²) in [6, 6.07) is 2.34. The first kappa shape index (κ1) is 16.1. The highest BCUT2D eigenvalue weighted by Gasteiger charge is 2.38. The van der Waals surface area contributed by atoms with Crippen LogP contribution in [-0.4, -0.2) is 33.1 Å². The van der Waals surface area contributed by atoms with Gasteiger partial charge >= 0.3 is 5.97 Å². The second kappa shape index (κ2) is 5.47. The zero-order valence-electron chi connectivity index (χ0n) is 11.6. The number of rotatable bonds is 6. The molecule has 0 heterocycles. The number of halogens is 1. The van der Waals surface area contributed by atoms with Gasteiger partial charge in [-0.3, -0.25) is 0 Å². The highest BCUT2D eigenvalue weighted by Crippen LogP contribution is 2.44. The largest absolute Gasteiger partial charge is 0.494 e. The molecule has 1 aromatic rings. The summed E-state index contributed by atoms with van der Waals surface area (Å²) in [7, 11) is -2.68. The van der Waals surface area contributed by atoms with Gasteiger partial charge in [-0.25, -0.2) is 17.9 Å². The molecule has 0 spiro atoms. The molecule has 1 aliphatic carbocycles. The van der Waals surface area contributed by atoms with Crippen LogP contribution < -0.4 is 9.46 Å². The highest BCUT2D eigenvalue weighted by atomic mass is 35.5. The fraction of sp³-hybridized carbons (Fsp3) is 0.462. The van der Waals surface area contributed by atoms with Gasteiger partial charge in [0.15, 0.2) is 5.75 Å². The lowest BCUT2D eigenvalue weighted by Crippen LogP contribution is -2.29. The number of hydrogen-bond acceptors (Lipinski definition) is 4. The standard InChI is InChI=1S/C13H16ClNO5S/c1-13(3-4-13)7-15-21(18,19)10-6-8(14)5-9(12(16)17)11(10)20-2/h5-6,15H,3-4,7H2,1-2H3,(H,16,17). The van der Waals surface area contributed by atoms with E-state index in [1.807, 2.05) is 6.92 Å². The van der Waals surface area contributed by atoms with E-state index in [1.54, 1.807) is 0 Å². The van der Waals surface area contributed by atoms with E-state index in [0.29, 0.717) is 6.54 Å². The van der Waals surface area contributed by atoms with E-state index in [9.17, 15) is 13.2 Å². The van der Waals surface area contributed by atoms with Crippen LogP contribution in [0.3, 0.4) is 0 Å². The summed E-state index contributed by atoms with van der Waals surface area (Å²) < 4.78 is 32.2. The van der Waals surface area contributed by atoms with E-state index in [2.05, 4.69) is 4.72 Å². The zero-order valence-corrected chi connectivity index (χ0v) is 13.2. The molecule has 8 heteroatoms. The van der Waals surface area contributed by atoms with Crippen LogP contribution in [0.2, 0.25) is 5.02 Å². The fourth-order valence-electron chi connectivity index (χ4n) is 1.87. The Morgan fingerprint density at radius 3 is 2.57 bits per heavy atom. The summed E-state index contributed by atoms with van der Waals surface area (Å²) >= 11 is 5.82. The molecule has 116 valence electrons. The topological polar surface area (TPSA) is 92.7 Å². The van der Waals surface area contributed by atoms with Crippen LogP contribution in [0.15, 0.2) is 17.0 Å². The van der Waals surface area contributed by atoms with Crippen molar-refractivity contribution in [1.82, 2.24) is 4.72 Å². The van der Waals surface area contributed by atoms with Crippen molar-refractivity contribution in [2.24, 2.45) is 5.41 Å². The highest BCUT2D eigenvalue weighted by molar-refractivity contribution is 7.89. The average molecular weight is 334 g/mol. The Balaban J connectivity index is 2.43. The summed E-state index contributed by atoms with van der Waals surface area (Å²) in [5, 5.41) is 9.15. The Bertz CT molecular complexity index is 682. The first-order chi connectivity index (χ1) is 9.68. The predicted octanol–water partition coefficient (Wildman–Crippen LogP) is 2.13. The number of methoxy groups -OCH3 is 1. The van der Waals surface area contributed by atoms with Gasteiger partial charge in [0.25, 0.3) is 0 Å². The molecule has 0 bridgehead atoms. The molecule has 1 aliphatic rings. The molecule has 1 aromatic carbocycles. The van der Waals surface area contributed by atoms with Gasteiger partial charge in [0.2, 0.25) is 10.0 Å². The van der Waals surface area contributed by atoms with Crippen molar-refractivity contribution >= 4 is 27.6 Å². The first-order valence-electron chi connectivity index (χ1n) is 6.29. The molecular weight excluding hydrogens is 318 g/mol. The Hall–Kier alpha value is -1.31. The molecule has 0 aliphatic heterocycles.